The molecule has 3 N–H and O–H groups in total. The van der Waals surface area contributed by atoms with Crippen molar-refractivity contribution in [3.05, 3.63) is 0 Å². The van der Waals surface area contributed by atoms with E-state index in [-0.39, 0.29) is 23.9 Å². The van der Waals surface area contributed by atoms with Crippen molar-refractivity contribution in [2.45, 2.75) is 71.8 Å². The van der Waals surface area contributed by atoms with Crippen molar-refractivity contribution in [2.75, 3.05) is 6.54 Å². The molecule has 5 nitrogen and oxygen atoms in total. The third-order valence-electron chi connectivity index (χ3n) is 4.25. The first-order valence-electron chi connectivity index (χ1n) is 8.08. The molecule has 0 aromatic carbocycles. The van der Waals surface area contributed by atoms with Crippen LogP contribution in [0.1, 0.15) is 65.7 Å². The van der Waals surface area contributed by atoms with Gasteiger partial charge in [-0.1, -0.05) is 33.6 Å². The smallest absolute Gasteiger partial charge is 0.315 e. The fourth-order valence-corrected chi connectivity index (χ4v) is 2.40. The molecule has 1 saturated carbocycles. The van der Waals surface area contributed by atoms with Crippen LogP contribution < -0.4 is 10.6 Å². The van der Waals surface area contributed by atoms with Crippen LogP contribution in [0, 0.1) is 11.3 Å². The molecule has 1 aliphatic carbocycles. The number of rotatable bonds is 10. The highest BCUT2D eigenvalue weighted by Gasteiger charge is 2.25. The van der Waals surface area contributed by atoms with E-state index in [9.17, 15) is 9.59 Å². The largest absolute Gasteiger partial charge is 0.481 e. The third kappa shape index (κ3) is 8.58. The normalized spacial score (nSPS) is 16.3. The van der Waals surface area contributed by atoms with E-state index >= 15 is 0 Å². The standard InChI is InChI=1S/C16H30N2O3/c1-4-13(11-12-5-6-12)18-15(21)17-10-9-16(2,3)8-7-14(19)20/h12-13H,4-11H2,1-3H3,(H,19,20)(H2,17,18,21). The molecule has 122 valence electrons. The quantitative estimate of drug-likeness (QED) is 0.579. The lowest BCUT2D eigenvalue weighted by Crippen LogP contribution is -2.43. The summed E-state index contributed by atoms with van der Waals surface area (Å²) in [5.74, 6) is 0.0462. The topological polar surface area (TPSA) is 78.4 Å². The number of carbonyl (C=O) groups excluding carboxylic acids is 1. The van der Waals surface area contributed by atoms with Crippen LogP contribution >= 0.6 is 0 Å². The lowest BCUT2D eigenvalue weighted by atomic mass is 9.84. The SMILES string of the molecule is CCC(CC1CC1)NC(=O)NCCC(C)(C)CCC(=O)O. The Balaban J connectivity index is 2.17. The Morgan fingerprint density at radius 3 is 2.48 bits per heavy atom. The van der Waals surface area contributed by atoms with Crippen LogP contribution in [0.2, 0.25) is 0 Å². The van der Waals surface area contributed by atoms with Crippen LogP contribution in [0.5, 0.6) is 0 Å². The Kier molecular flexibility index (Phi) is 6.99. The Morgan fingerprint density at radius 2 is 1.95 bits per heavy atom. The summed E-state index contributed by atoms with van der Waals surface area (Å²) in [6.45, 7) is 6.76. The molecule has 0 radical (unpaired) electrons. The maximum absolute atomic E-state index is 11.8. The minimum atomic E-state index is -0.764. The lowest BCUT2D eigenvalue weighted by Gasteiger charge is -2.24. The number of carboxylic acid groups (broad SMARTS) is 1. The van der Waals surface area contributed by atoms with E-state index in [1.54, 1.807) is 0 Å². The average molecular weight is 298 g/mol. The molecule has 0 bridgehead atoms. The van der Waals surface area contributed by atoms with Crippen LogP contribution in [-0.4, -0.2) is 29.7 Å². The third-order valence-corrected chi connectivity index (χ3v) is 4.25. The first-order valence-corrected chi connectivity index (χ1v) is 8.08. The van der Waals surface area contributed by atoms with Crippen molar-refractivity contribution in [1.29, 1.82) is 0 Å². The van der Waals surface area contributed by atoms with E-state index in [1.165, 1.54) is 12.8 Å². The predicted molar refractivity (Wildman–Crippen MR) is 83.2 cm³/mol. The zero-order chi connectivity index (χ0) is 15.9. The number of urea groups is 1. The second-order valence-corrected chi connectivity index (χ2v) is 6.99. The maximum atomic E-state index is 11.8. The molecular formula is C16H30N2O3. The van der Waals surface area contributed by atoms with Crippen LogP contribution in [-0.2, 0) is 4.79 Å². The summed E-state index contributed by atoms with van der Waals surface area (Å²) in [6.07, 6.45) is 6.26. The van der Waals surface area contributed by atoms with Gasteiger partial charge < -0.3 is 15.7 Å². The number of hydrogen-bond acceptors (Lipinski definition) is 2. The van der Waals surface area contributed by atoms with E-state index in [0.717, 1.165) is 25.2 Å². The van der Waals surface area contributed by atoms with E-state index in [0.29, 0.717) is 13.0 Å². The van der Waals surface area contributed by atoms with Gasteiger partial charge >= 0.3 is 12.0 Å². The van der Waals surface area contributed by atoms with Gasteiger partial charge in [-0.3, -0.25) is 4.79 Å². The highest BCUT2D eigenvalue weighted by Crippen LogP contribution is 2.34. The fourth-order valence-electron chi connectivity index (χ4n) is 2.40. The predicted octanol–water partition coefficient (Wildman–Crippen LogP) is 3.15. The number of nitrogens with one attached hydrogen (secondary N) is 2. The average Bonchev–Trinajstić information content (AvgIpc) is 3.19. The van der Waals surface area contributed by atoms with Gasteiger partial charge in [-0.25, -0.2) is 4.79 Å². The van der Waals surface area contributed by atoms with Crippen LogP contribution in [0.15, 0.2) is 0 Å². The van der Waals surface area contributed by atoms with Gasteiger partial charge in [0.1, 0.15) is 0 Å². The molecule has 5 heteroatoms. The van der Waals surface area contributed by atoms with Crippen molar-refractivity contribution in [1.82, 2.24) is 10.6 Å². The highest BCUT2D eigenvalue weighted by atomic mass is 16.4. The van der Waals surface area contributed by atoms with E-state index in [4.69, 9.17) is 5.11 Å². The van der Waals surface area contributed by atoms with Crippen molar-refractivity contribution in [3.63, 3.8) is 0 Å². The lowest BCUT2D eigenvalue weighted by molar-refractivity contribution is -0.137. The molecule has 1 rings (SSSR count). The Hall–Kier alpha value is -1.26. The second-order valence-electron chi connectivity index (χ2n) is 6.99. The van der Waals surface area contributed by atoms with Crippen molar-refractivity contribution in [3.8, 4) is 0 Å². The molecule has 21 heavy (non-hydrogen) atoms. The molecule has 1 atom stereocenters. The number of carboxylic acids is 1. The molecule has 1 aliphatic rings. The molecule has 0 spiro atoms. The van der Waals surface area contributed by atoms with Gasteiger partial charge in [0.15, 0.2) is 0 Å². The minimum absolute atomic E-state index is 0.0656. The molecule has 0 aromatic rings. The molecule has 2 amide bonds. The van der Waals surface area contributed by atoms with Crippen LogP contribution in [0.25, 0.3) is 0 Å². The zero-order valence-corrected chi connectivity index (χ0v) is 13.6. The highest BCUT2D eigenvalue weighted by molar-refractivity contribution is 5.74. The Bertz CT molecular complexity index is 351. The molecule has 0 saturated heterocycles. The monoisotopic (exact) mass is 298 g/mol. The summed E-state index contributed by atoms with van der Waals surface area (Å²) in [6, 6.07) is 0.175. The maximum Gasteiger partial charge on any atom is 0.315 e. The van der Waals surface area contributed by atoms with Crippen LogP contribution in [0.4, 0.5) is 4.79 Å². The minimum Gasteiger partial charge on any atom is -0.481 e. The fraction of sp³-hybridized carbons (Fsp3) is 0.875. The molecule has 0 heterocycles. The van der Waals surface area contributed by atoms with Crippen molar-refractivity contribution >= 4 is 12.0 Å². The summed E-state index contributed by atoms with van der Waals surface area (Å²) in [5.41, 5.74) is -0.0656. The van der Waals surface area contributed by atoms with Gasteiger partial charge in [-0.05, 0) is 37.0 Å². The Labute approximate surface area is 127 Å². The van der Waals surface area contributed by atoms with Gasteiger partial charge in [-0.15, -0.1) is 0 Å². The number of hydrogen-bond donors (Lipinski definition) is 3. The summed E-state index contributed by atoms with van der Waals surface area (Å²) >= 11 is 0. The number of amides is 2. The van der Waals surface area contributed by atoms with Gasteiger partial charge in [-0.2, -0.15) is 0 Å². The summed E-state index contributed by atoms with van der Waals surface area (Å²) in [5, 5.41) is 14.6. The van der Waals surface area contributed by atoms with Crippen LogP contribution in [0.3, 0.4) is 0 Å². The first kappa shape index (κ1) is 17.8. The van der Waals surface area contributed by atoms with E-state index in [2.05, 4.69) is 17.6 Å². The van der Waals surface area contributed by atoms with Crippen molar-refractivity contribution in [2.24, 2.45) is 11.3 Å². The van der Waals surface area contributed by atoms with E-state index in [1.807, 2.05) is 13.8 Å². The molecule has 1 fully saturated rings. The first-order chi connectivity index (χ1) is 9.82. The molecule has 1 unspecified atom stereocenters. The molecule has 0 aromatic heterocycles. The summed E-state index contributed by atoms with van der Waals surface area (Å²) in [4.78, 5) is 22.4. The zero-order valence-electron chi connectivity index (χ0n) is 13.6. The number of carbonyl (C=O) groups is 2. The number of aliphatic carboxylic acids is 1. The van der Waals surface area contributed by atoms with Gasteiger partial charge in [0.2, 0.25) is 0 Å². The summed E-state index contributed by atoms with van der Waals surface area (Å²) in [7, 11) is 0. The molecule has 0 aliphatic heterocycles. The van der Waals surface area contributed by atoms with Gasteiger partial charge in [0.25, 0.3) is 0 Å². The second kappa shape index (κ2) is 8.25. The molecular weight excluding hydrogens is 268 g/mol. The van der Waals surface area contributed by atoms with E-state index < -0.39 is 5.97 Å². The summed E-state index contributed by atoms with van der Waals surface area (Å²) < 4.78 is 0. The van der Waals surface area contributed by atoms with Crippen molar-refractivity contribution < 1.29 is 14.7 Å². The van der Waals surface area contributed by atoms with Gasteiger partial charge in [0.05, 0.1) is 0 Å². The Morgan fingerprint density at radius 1 is 1.29 bits per heavy atom. The van der Waals surface area contributed by atoms with Gasteiger partial charge in [0, 0.05) is 19.0 Å².